The van der Waals surface area contributed by atoms with Crippen molar-refractivity contribution in [3.05, 3.63) is 84.7 Å². The highest BCUT2D eigenvalue weighted by Gasteiger charge is 2.10. The quantitative estimate of drug-likeness (QED) is 0.444. The third-order valence-corrected chi connectivity index (χ3v) is 5.17. The number of anilines is 2. The molecule has 0 unspecified atom stereocenters. The molecule has 0 bridgehead atoms. The fourth-order valence-corrected chi connectivity index (χ4v) is 3.77. The van der Waals surface area contributed by atoms with Crippen LogP contribution in [0.3, 0.4) is 0 Å². The Bertz CT molecular complexity index is 1320. The number of benzene rings is 2. The molecule has 0 aliphatic rings. The summed E-state index contributed by atoms with van der Waals surface area (Å²) in [5.41, 5.74) is 4.92. The molecule has 0 amide bonds. The third kappa shape index (κ3) is 3.23. The molecule has 3 heterocycles. The van der Waals surface area contributed by atoms with Gasteiger partial charge in [0.1, 0.15) is 17.7 Å². The van der Waals surface area contributed by atoms with Crippen LogP contribution in [-0.4, -0.2) is 19.1 Å². The Kier molecular flexibility index (Phi) is 4.24. The van der Waals surface area contributed by atoms with Crippen LogP contribution in [0.15, 0.2) is 73.3 Å². The molecule has 0 aliphatic heterocycles. The predicted molar refractivity (Wildman–Crippen MR) is 114 cm³/mol. The van der Waals surface area contributed by atoms with Crippen LogP contribution in [0.4, 0.5) is 15.9 Å². The van der Waals surface area contributed by atoms with E-state index in [1.165, 1.54) is 6.07 Å². The number of hydrogen-bond acceptors (Lipinski definition) is 3. The second-order valence-electron chi connectivity index (χ2n) is 7.03. The summed E-state index contributed by atoms with van der Waals surface area (Å²) in [6.45, 7) is 3.59. The SMILES string of the molecule is CCn1ccc2ncnc(Nc3ccc4c(ccn4Cc4cccc(F)c4)c3)c21. The Morgan fingerprint density at radius 3 is 2.72 bits per heavy atom. The van der Waals surface area contributed by atoms with Gasteiger partial charge < -0.3 is 14.5 Å². The van der Waals surface area contributed by atoms with Gasteiger partial charge in [0.05, 0.1) is 5.52 Å². The average Bonchev–Trinajstić information content (AvgIpc) is 3.32. The molecule has 0 aliphatic carbocycles. The van der Waals surface area contributed by atoms with Gasteiger partial charge in [0, 0.05) is 42.1 Å². The molecule has 29 heavy (non-hydrogen) atoms. The lowest BCUT2D eigenvalue weighted by Crippen LogP contribution is -2.00. The van der Waals surface area contributed by atoms with Crippen LogP contribution in [0.2, 0.25) is 0 Å². The number of halogens is 1. The largest absolute Gasteiger partial charge is 0.343 e. The molecular formula is C23H20FN5. The van der Waals surface area contributed by atoms with Gasteiger partial charge in [0.15, 0.2) is 5.82 Å². The highest BCUT2D eigenvalue weighted by Crippen LogP contribution is 2.27. The molecule has 0 radical (unpaired) electrons. The summed E-state index contributed by atoms with van der Waals surface area (Å²) in [5.74, 6) is 0.582. The second kappa shape index (κ2) is 7.05. The Hall–Kier alpha value is -3.67. The fraction of sp³-hybridized carbons (Fsp3) is 0.130. The highest BCUT2D eigenvalue weighted by atomic mass is 19.1. The molecule has 0 atom stereocenters. The van der Waals surface area contributed by atoms with E-state index in [4.69, 9.17) is 0 Å². The van der Waals surface area contributed by atoms with Crippen molar-refractivity contribution in [2.75, 3.05) is 5.32 Å². The molecule has 5 aromatic rings. The molecule has 0 spiro atoms. The number of nitrogens with one attached hydrogen (secondary N) is 1. The summed E-state index contributed by atoms with van der Waals surface area (Å²) >= 11 is 0. The lowest BCUT2D eigenvalue weighted by molar-refractivity contribution is 0.624. The first-order valence-electron chi connectivity index (χ1n) is 9.61. The summed E-state index contributed by atoms with van der Waals surface area (Å²) in [6, 6.07) is 17.0. The van der Waals surface area contributed by atoms with Gasteiger partial charge in [0.25, 0.3) is 0 Å². The number of nitrogens with zero attached hydrogens (tertiary/aromatic N) is 4. The molecule has 5 nitrogen and oxygen atoms in total. The number of aromatic nitrogens is 4. The minimum Gasteiger partial charge on any atom is -0.343 e. The topological polar surface area (TPSA) is 47.7 Å². The molecule has 0 fully saturated rings. The van der Waals surface area contributed by atoms with E-state index in [0.717, 1.165) is 45.5 Å². The van der Waals surface area contributed by atoms with Crippen molar-refractivity contribution in [1.82, 2.24) is 19.1 Å². The molecule has 6 heteroatoms. The minimum atomic E-state index is -0.210. The first kappa shape index (κ1) is 17.4. The van der Waals surface area contributed by atoms with E-state index >= 15 is 0 Å². The standard InChI is InChI=1S/C23H20FN5/c1-2-28-11-9-20-22(28)23(26-15-25-20)27-19-6-7-21-17(13-19)8-10-29(21)14-16-4-3-5-18(24)12-16/h3-13,15H,2,14H2,1H3,(H,25,26,27). The molecule has 2 aromatic carbocycles. The van der Waals surface area contributed by atoms with E-state index in [2.05, 4.69) is 49.5 Å². The van der Waals surface area contributed by atoms with E-state index in [1.807, 2.05) is 30.6 Å². The third-order valence-electron chi connectivity index (χ3n) is 5.17. The van der Waals surface area contributed by atoms with Gasteiger partial charge in [-0.25, -0.2) is 14.4 Å². The van der Waals surface area contributed by atoms with Gasteiger partial charge >= 0.3 is 0 Å². The van der Waals surface area contributed by atoms with Crippen LogP contribution < -0.4 is 5.32 Å². The van der Waals surface area contributed by atoms with E-state index in [9.17, 15) is 4.39 Å². The zero-order chi connectivity index (χ0) is 19.8. The van der Waals surface area contributed by atoms with Crippen LogP contribution >= 0.6 is 0 Å². The van der Waals surface area contributed by atoms with Crippen molar-refractivity contribution in [3.8, 4) is 0 Å². The predicted octanol–water partition coefficient (Wildman–Crippen LogP) is 5.34. The van der Waals surface area contributed by atoms with Gasteiger partial charge in [-0.1, -0.05) is 12.1 Å². The summed E-state index contributed by atoms with van der Waals surface area (Å²) in [7, 11) is 0. The average molecular weight is 385 g/mol. The van der Waals surface area contributed by atoms with Crippen LogP contribution in [0.25, 0.3) is 21.9 Å². The molecule has 5 rings (SSSR count). The normalized spacial score (nSPS) is 11.4. The van der Waals surface area contributed by atoms with Crippen molar-refractivity contribution in [1.29, 1.82) is 0 Å². The van der Waals surface area contributed by atoms with Crippen molar-refractivity contribution in [2.24, 2.45) is 0 Å². The van der Waals surface area contributed by atoms with Crippen LogP contribution in [0, 0.1) is 5.82 Å². The monoisotopic (exact) mass is 385 g/mol. The zero-order valence-electron chi connectivity index (χ0n) is 16.0. The van der Waals surface area contributed by atoms with Crippen LogP contribution in [0.1, 0.15) is 12.5 Å². The first-order valence-corrected chi connectivity index (χ1v) is 9.61. The van der Waals surface area contributed by atoms with E-state index < -0.39 is 0 Å². The zero-order valence-corrected chi connectivity index (χ0v) is 16.0. The van der Waals surface area contributed by atoms with Crippen LogP contribution in [0.5, 0.6) is 0 Å². The lowest BCUT2D eigenvalue weighted by Gasteiger charge is -2.10. The summed E-state index contributed by atoms with van der Waals surface area (Å²) in [6.07, 6.45) is 5.64. The van der Waals surface area contributed by atoms with Gasteiger partial charge in [-0.2, -0.15) is 0 Å². The molecule has 1 N–H and O–H groups in total. The first-order chi connectivity index (χ1) is 14.2. The van der Waals surface area contributed by atoms with Gasteiger partial charge in [-0.05, 0) is 55.0 Å². The number of hydrogen-bond donors (Lipinski definition) is 1. The van der Waals surface area contributed by atoms with Crippen LogP contribution in [-0.2, 0) is 13.1 Å². The summed E-state index contributed by atoms with van der Waals surface area (Å²) in [4.78, 5) is 8.80. The maximum Gasteiger partial charge on any atom is 0.158 e. The maximum absolute atomic E-state index is 13.5. The molecule has 3 aromatic heterocycles. The van der Waals surface area contributed by atoms with Gasteiger partial charge in [0.2, 0.25) is 0 Å². The van der Waals surface area contributed by atoms with Crippen molar-refractivity contribution >= 4 is 33.4 Å². The van der Waals surface area contributed by atoms with E-state index in [1.54, 1.807) is 18.5 Å². The maximum atomic E-state index is 13.5. The number of aryl methyl sites for hydroxylation is 1. The van der Waals surface area contributed by atoms with Gasteiger partial charge in [-0.15, -0.1) is 0 Å². The number of rotatable bonds is 5. The Labute approximate surface area is 167 Å². The number of fused-ring (bicyclic) bond motifs is 2. The molecular weight excluding hydrogens is 365 g/mol. The molecule has 0 saturated carbocycles. The lowest BCUT2D eigenvalue weighted by atomic mass is 10.2. The van der Waals surface area contributed by atoms with Crippen molar-refractivity contribution in [2.45, 2.75) is 20.0 Å². The summed E-state index contributed by atoms with van der Waals surface area (Å²) < 4.78 is 17.7. The highest BCUT2D eigenvalue weighted by molar-refractivity contribution is 5.90. The van der Waals surface area contributed by atoms with Gasteiger partial charge in [-0.3, -0.25) is 0 Å². The van der Waals surface area contributed by atoms with E-state index in [0.29, 0.717) is 6.54 Å². The second-order valence-corrected chi connectivity index (χ2v) is 7.03. The smallest absolute Gasteiger partial charge is 0.158 e. The Morgan fingerprint density at radius 1 is 0.966 bits per heavy atom. The minimum absolute atomic E-state index is 0.210. The van der Waals surface area contributed by atoms with Crippen molar-refractivity contribution < 1.29 is 4.39 Å². The molecule has 0 saturated heterocycles. The summed E-state index contributed by atoms with van der Waals surface area (Å²) in [5, 5.41) is 4.55. The Balaban J connectivity index is 1.46. The van der Waals surface area contributed by atoms with Crippen molar-refractivity contribution in [3.63, 3.8) is 0 Å². The Morgan fingerprint density at radius 2 is 1.86 bits per heavy atom. The van der Waals surface area contributed by atoms with E-state index in [-0.39, 0.29) is 5.82 Å². The fourth-order valence-electron chi connectivity index (χ4n) is 3.77. The molecule has 144 valence electrons.